The van der Waals surface area contributed by atoms with E-state index in [1.54, 1.807) is 24.3 Å². The molecule has 4 rings (SSSR count). The van der Waals surface area contributed by atoms with E-state index in [4.69, 9.17) is 4.74 Å². The maximum atomic E-state index is 13.9. The van der Waals surface area contributed by atoms with Crippen molar-refractivity contribution < 1.29 is 27.5 Å². The van der Waals surface area contributed by atoms with Gasteiger partial charge in [0.2, 0.25) is 5.91 Å². The van der Waals surface area contributed by atoms with Crippen LogP contribution in [0.1, 0.15) is 28.8 Å². The largest absolute Gasteiger partial charge is 0.457 e. The third kappa shape index (κ3) is 5.75. The van der Waals surface area contributed by atoms with Crippen LogP contribution in [0.4, 0.5) is 13.2 Å². The Bertz CT molecular complexity index is 1160. The number of ether oxygens (including phenoxy) is 1. The summed E-state index contributed by atoms with van der Waals surface area (Å²) in [5.74, 6) is -1.70. The summed E-state index contributed by atoms with van der Waals surface area (Å²) in [7, 11) is 0. The highest BCUT2D eigenvalue weighted by atomic mass is 19.1. The number of nitrogens with one attached hydrogen (secondary N) is 1. The van der Waals surface area contributed by atoms with Crippen molar-refractivity contribution in [2.45, 2.75) is 19.4 Å². The predicted octanol–water partition coefficient (Wildman–Crippen LogP) is 5.06. The molecule has 8 heteroatoms. The second-order valence-corrected chi connectivity index (χ2v) is 8.11. The molecule has 176 valence electrons. The van der Waals surface area contributed by atoms with Gasteiger partial charge in [0.25, 0.3) is 5.91 Å². The Morgan fingerprint density at radius 2 is 1.44 bits per heavy atom. The highest BCUT2D eigenvalue weighted by Gasteiger charge is 2.28. The highest BCUT2D eigenvalue weighted by Crippen LogP contribution is 2.23. The number of nitrogens with zero attached hydrogens (tertiary/aromatic N) is 1. The Balaban J connectivity index is 1.24. The summed E-state index contributed by atoms with van der Waals surface area (Å²) >= 11 is 0. The Kier molecular flexibility index (Phi) is 7.15. The van der Waals surface area contributed by atoms with Gasteiger partial charge in [-0.3, -0.25) is 9.59 Å². The van der Waals surface area contributed by atoms with Crippen molar-refractivity contribution in [3.8, 4) is 11.5 Å². The normalized spacial score (nSPS) is 14.0. The van der Waals surface area contributed by atoms with Crippen LogP contribution in [0.5, 0.6) is 11.5 Å². The number of hydrogen-bond acceptors (Lipinski definition) is 3. The topological polar surface area (TPSA) is 58.6 Å². The monoisotopic (exact) mass is 468 g/mol. The van der Waals surface area contributed by atoms with E-state index in [1.807, 2.05) is 12.1 Å². The second kappa shape index (κ2) is 10.4. The van der Waals surface area contributed by atoms with Crippen LogP contribution in [-0.4, -0.2) is 29.8 Å². The van der Waals surface area contributed by atoms with Crippen LogP contribution in [0.2, 0.25) is 0 Å². The SMILES string of the molecule is O=C(NCc1ccc(Oc2ccc(F)cc2)cc1)C1CCN(C(=O)c2ccc(F)cc2F)CC1. The first-order chi connectivity index (χ1) is 16.4. The van der Waals surface area contributed by atoms with Crippen LogP contribution < -0.4 is 10.1 Å². The van der Waals surface area contributed by atoms with Crippen molar-refractivity contribution in [2.75, 3.05) is 13.1 Å². The molecule has 1 fully saturated rings. The molecule has 0 aromatic heterocycles. The van der Waals surface area contributed by atoms with Crippen molar-refractivity contribution in [1.82, 2.24) is 10.2 Å². The van der Waals surface area contributed by atoms with Crippen molar-refractivity contribution in [3.63, 3.8) is 0 Å². The molecule has 1 N–H and O–H groups in total. The molecule has 3 aromatic carbocycles. The minimum atomic E-state index is -0.890. The van der Waals surface area contributed by atoms with Gasteiger partial charge in [0.1, 0.15) is 29.0 Å². The zero-order valence-electron chi connectivity index (χ0n) is 18.3. The number of hydrogen-bond donors (Lipinski definition) is 1. The maximum Gasteiger partial charge on any atom is 0.256 e. The smallest absolute Gasteiger partial charge is 0.256 e. The van der Waals surface area contributed by atoms with E-state index in [2.05, 4.69) is 5.32 Å². The lowest BCUT2D eigenvalue weighted by Gasteiger charge is -2.31. The molecule has 0 saturated carbocycles. The second-order valence-electron chi connectivity index (χ2n) is 8.11. The van der Waals surface area contributed by atoms with Crippen LogP contribution in [0.25, 0.3) is 0 Å². The molecule has 1 aliphatic rings. The fraction of sp³-hybridized carbons (Fsp3) is 0.231. The first kappa shape index (κ1) is 23.4. The highest BCUT2D eigenvalue weighted by molar-refractivity contribution is 5.94. The number of amides is 2. The van der Waals surface area contributed by atoms with Gasteiger partial charge in [0.05, 0.1) is 5.56 Å². The summed E-state index contributed by atoms with van der Waals surface area (Å²) in [6.07, 6.45) is 0.926. The molecular weight excluding hydrogens is 445 g/mol. The third-order valence-electron chi connectivity index (χ3n) is 5.75. The minimum Gasteiger partial charge on any atom is -0.457 e. The van der Waals surface area contributed by atoms with E-state index in [1.165, 1.54) is 17.0 Å². The van der Waals surface area contributed by atoms with Crippen molar-refractivity contribution in [3.05, 3.63) is 95.3 Å². The molecule has 0 unspecified atom stereocenters. The standard InChI is InChI=1S/C26H23F3N2O3/c27-19-3-8-22(9-4-19)34-21-6-1-17(2-7-21)16-30-25(32)18-11-13-31(14-12-18)26(33)23-10-5-20(28)15-24(23)29/h1-10,15,18H,11-14,16H2,(H,30,32). The van der Waals surface area contributed by atoms with E-state index in [9.17, 15) is 22.8 Å². The van der Waals surface area contributed by atoms with Crippen LogP contribution >= 0.6 is 0 Å². The molecule has 1 saturated heterocycles. The summed E-state index contributed by atoms with van der Waals surface area (Å²) in [6.45, 7) is 0.988. The Morgan fingerprint density at radius 3 is 2.06 bits per heavy atom. The number of rotatable bonds is 6. The van der Waals surface area contributed by atoms with E-state index < -0.39 is 17.5 Å². The van der Waals surface area contributed by atoms with Gasteiger partial charge in [-0.05, 0) is 66.9 Å². The van der Waals surface area contributed by atoms with Gasteiger partial charge in [0.15, 0.2) is 0 Å². The van der Waals surface area contributed by atoms with Crippen molar-refractivity contribution in [1.29, 1.82) is 0 Å². The number of halogens is 3. The van der Waals surface area contributed by atoms with E-state index in [0.717, 1.165) is 17.7 Å². The zero-order valence-corrected chi connectivity index (χ0v) is 18.3. The lowest BCUT2D eigenvalue weighted by molar-refractivity contribution is -0.126. The van der Waals surface area contributed by atoms with Crippen molar-refractivity contribution in [2.24, 2.45) is 5.92 Å². The molecule has 1 heterocycles. The van der Waals surface area contributed by atoms with Crippen LogP contribution in [0, 0.1) is 23.4 Å². The molecule has 5 nitrogen and oxygen atoms in total. The van der Waals surface area contributed by atoms with Gasteiger partial charge < -0.3 is 15.0 Å². The van der Waals surface area contributed by atoms with Gasteiger partial charge in [-0.15, -0.1) is 0 Å². The van der Waals surface area contributed by atoms with Crippen LogP contribution in [0.3, 0.4) is 0 Å². The fourth-order valence-electron chi connectivity index (χ4n) is 3.83. The summed E-state index contributed by atoms with van der Waals surface area (Å²) in [6, 6.07) is 15.8. The summed E-state index contributed by atoms with van der Waals surface area (Å²) in [5, 5.41) is 2.91. The maximum absolute atomic E-state index is 13.9. The average molecular weight is 468 g/mol. The first-order valence-electron chi connectivity index (χ1n) is 10.9. The van der Waals surface area contributed by atoms with E-state index in [-0.39, 0.29) is 23.2 Å². The Morgan fingerprint density at radius 1 is 0.853 bits per heavy atom. The van der Waals surface area contributed by atoms with E-state index >= 15 is 0 Å². The van der Waals surface area contributed by atoms with Crippen molar-refractivity contribution >= 4 is 11.8 Å². The van der Waals surface area contributed by atoms with Gasteiger partial charge in [-0.1, -0.05) is 12.1 Å². The summed E-state index contributed by atoms with van der Waals surface area (Å²) in [5.41, 5.74) is 0.718. The average Bonchev–Trinajstić information content (AvgIpc) is 2.84. The van der Waals surface area contributed by atoms with Gasteiger partial charge in [-0.25, -0.2) is 13.2 Å². The number of carbonyl (C=O) groups is 2. The lowest BCUT2D eigenvalue weighted by atomic mass is 9.95. The van der Waals surface area contributed by atoms with E-state index in [0.29, 0.717) is 50.0 Å². The summed E-state index contributed by atoms with van der Waals surface area (Å²) < 4.78 is 45.6. The molecular formula is C26H23F3N2O3. The van der Waals surface area contributed by atoms with Crippen LogP contribution in [-0.2, 0) is 11.3 Å². The molecule has 34 heavy (non-hydrogen) atoms. The quantitative estimate of drug-likeness (QED) is 0.550. The van der Waals surface area contributed by atoms with Crippen LogP contribution in [0.15, 0.2) is 66.7 Å². The molecule has 1 aliphatic heterocycles. The molecule has 0 radical (unpaired) electrons. The molecule has 3 aromatic rings. The summed E-state index contributed by atoms with van der Waals surface area (Å²) in [4.78, 5) is 26.6. The van der Waals surface area contributed by atoms with Gasteiger partial charge in [0, 0.05) is 31.6 Å². The van der Waals surface area contributed by atoms with Gasteiger partial charge >= 0.3 is 0 Å². The fourth-order valence-corrected chi connectivity index (χ4v) is 3.83. The Hall–Kier alpha value is -3.81. The zero-order chi connectivity index (χ0) is 24.1. The molecule has 0 bridgehead atoms. The minimum absolute atomic E-state index is 0.105. The Labute approximate surface area is 195 Å². The third-order valence-corrected chi connectivity index (χ3v) is 5.75. The molecule has 0 aliphatic carbocycles. The van der Waals surface area contributed by atoms with Gasteiger partial charge in [-0.2, -0.15) is 0 Å². The number of likely N-dealkylation sites (tertiary alicyclic amines) is 1. The number of benzene rings is 3. The number of piperidine rings is 1. The number of carbonyl (C=O) groups excluding carboxylic acids is 2. The molecule has 2 amide bonds. The lowest BCUT2D eigenvalue weighted by Crippen LogP contribution is -2.43. The molecule has 0 spiro atoms. The predicted molar refractivity (Wildman–Crippen MR) is 120 cm³/mol. The first-order valence-corrected chi connectivity index (χ1v) is 10.9. The molecule has 0 atom stereocenters.